The zero-order valence-electron chi connectivity index (χ0n) is 15.1. The van der Waals surface area contributed by atoms with E-state index in [2.05, 4.69) is 22.8 Å². The first-order valence-corrected chi connectivity index (χ1v) is 9.97. The molecule has 27 heavy (non-hydrogen) atoms. The molecule has 4 aromatic rings. The number of carbonyl (C=O) groups is 1. The van der Waals surface area contributed by atoms with Gasteiger partial charge in [-0.2, -0.15) is 0 Å². The van der Waals surface area contributed by atoms with Crippen molar-refractivity contribution >= 4 is 38.4 Å². The third-order valence-corrected chi connectivity index (χ3v) is 5.83. The molecule has 2 heterocycles. The summed E-state index contributed by atoms with van der Waals surface area (Å²) in [6, 6.07) is 15.9. The first-order valence-electron chi connectivity index (χ1n) is 9.09. The van der Waals surface area contributed by atoms with Crippen LogP contribution in [-0.2, 0) is 24.3 Å². The van der Waals surface area contributed by atoms with Crippen LogP contribution in [0.25, 0.3) is 21.1 Å². The van der Waals surface area contributed by atoms with Crippen LogP contribution in [-0.4, -0.2) is 21.6 Å². The number of hydrogen-bond acceptors (Lipinski definition) is 3. The van der Waals surface area contributed by atoms with Crippen LogP contribution in [0, 0.1) is 0 Å². The molecule has 1 amide bonds. The molecule has 2 aromatic carbocycles. The smallest absolute Gasteiger partial charge is 0.329 e. The predicted octanol–water partition coefficient (Wildman–Crippen LogP) is 3.40. The van der Waals surface area contributed by atoms with Crippen molar-refractivity contribution in [3.05, 3.63) is 70.0 Å². The van der Waals surface area contributed by atoms with E-state index in [1.165, 1.54) is 15.6 Å². The number of thiophene rings is 1. The van der Waals surface area contributed by atoms with Gasteiger partial charge < -0.3 is 5.32 Å². The SMILES string of the molecule is CCn1c(=O)n(CC(=O)NCCc2csc3ccccc23)c2ccccc21. The fourth-order valence-electron chi connectivity index (χ4n) is 3.49. The van der Waals surface area contributed by atoms with Crippen molar-refractivity contribution in [2.75, 3.05) is 6.54 Å². The molecule has 0 spiro atoms. The number of rotatable bonds is 6. The number of nitrogens with zero attached hydrogens (tertiary/aromatic N) is 2. The highest BCUT2D eigenvalue weighted by molar-refractivity contribution is 7.17. The Hall–Kier alpha value is -2.86. The van der Waals surface area contributed by atoms with Gasteiger partial charge in [0.2, 0.25) is 5.91 Å². The number of amides is 1. The van der Waals surface area contributed by atoms with Gasteiger partial charge in [-0.1, -0.05) is 30.3 Å². The van der Waals surface area contributed by atoms with Crippen molar-refractivity contribution in [1.29, 1.82) is 0 Å². The highest BCUT2D eigenvalue weighted by Crippen LogP contribution is 2.25. The summed E-state index contributed by atoms with van der Waals surface area (Å²) in [6.45, 7) is 3.11. The van der Waals surface area contributed by atoms with Gasteiger partial charge in [-0.05, 0) is 47.9 Å². The molecule has 0 saturated carbocycles. The molecule has 2 aromatic heterocycles. The number of aryl methyl sites for hydroxylation is 1. The van der Waals surface area contributed by atoms with Crippen molar-refractivity contribution in [3.63, 3.8) is 0 Å². The van der Waals surface area contributed by atoms with Crippen LogP contribution in [0.15, 0.2) is 58.7 Å². The lowest BCUT2D eigenvalue weighted by Gasteiger charge is -2.06. The normalized spacial score (nSPS) is 11.3. The molecule has 0 aliphatic carbocycles. The second-order valence-electron chi connectivity index (χ2n) is 6.46. The minimum atomic E-state index is -0.143. The lowest BCUT2D eigenvalue weighted by molar-refractivity contribution is -0.121. The highest BCUT2D eigenvalue weighted by atomic mass is 32.1. The third-order valence-electron chi connectivity index (χ3n) is 4.82. The van der Waals surface area contributed by atoms with Gasteiger partial charge in [0.15, 0.2) is 0 Å². The van der Waals surface area contributed by atoms with Gasteiger partial charge in [-0.3, -0.25) is 13.9 Å². The fourth-order valence-corrected chi connectivity index (χ4v) is 4.49. The van der Waals surface area contributed by atoms with Crippen molar-refractivity contribution in [2.45, 2.75) is 26.4 Å². The van der Waals surface area contributed by atoms with E-state index in [1.807, 2.05) is 43.3 Å². The van der Waals surface area contributed by atoms with E-state index in [4.69, 9.17) is 0 Å². The molecule has 4 rings (SSSR count). The Morgan fingerprint density at radius 2 is 1.74 bits per heavy atom. The molecule has 6 heteroatoms. The van der Waals surface area contributed by atoms with Gasteiger partial charge in [0.05, 0.1) is 11.0 Å². The zero-order valence-corrected chi connectivity index (χ0v) is 16.0. The summed E-state index contributed by atoms with van der Waals surface area (Å²) in [5.74, 6) is -0.143. The van der Waals surface area contributed by atoms with Crippen LogP contribution in [0.2, 0.25) is 0 Å². The summed E-state index contributed by atoms with van der Waals surface area (Å²) in [5, 5.41) is 6.35. The number of para-hydroxylation sites is 2. The molecular formula is C21H21N3O2S. The van der Waals surface area contributed by atoms with Crippen molar-refractivity contribution in [1.82, 2.24) is 14.5 Å². The Labute approximate surface area is 160 Å². The Bertz CT molecular complexity index is 1170. The summed E-state index contributed by atoms with van der Waals surface area (Å²) in [4.78, 5) is 25.0. The number of aromatic nitrogens is 2. The Kier molecular flexibility index (Phi) is 4.81. The Morgan fingerprint density at radius 1 is 1.04 bits per heavy atom. The molecule has 138 valence electrons. The molecule has 0 unspecified atom stereocenters. The van der Waals surface area contributed by atoms with E-state index >= 15 is 0 Å². The maximum absolute atomic E-state index is 12.6. The fraction of sp³-hybridized carbons (Fsp3) is 0.238. The Balaban J connectivity index is 1.45. The summed E-state index contributed by atoms with van der Waals surface area (Å²) in [7, 11) is 0. The molecule has 0 bridgehead atoms. The number of imidazole rings is 1. The molecular weight excluding hydrogens is 358 g/mol. The average Bonchev–Trinajstić information content (AvgIpc) is 3.21. The first kappa shape index (κ1) is 17.5. The molecule has 0 radical (unpaired) electrons. The lowest BCUT2D eigenvalue weighted by Crippen LogP contribution is -2.34. The zero-order chi connectivity index (χ0) is 18.8. The average molecular weight is 379 g/mol. The maximum Gasteiger partial charge on any atom is 0.329 e. The number of benzene rings is 2. The van der Waals surface area contributed by atoms with Crippen LogP contribution in [0.3, 0.4) is 0 Å². The van der Waals surface area contributed by atoms with E-state index in [-0.39, 0.29) is 18.1 Å². The van der Waals surface area contributed by atoms with Crippen molar-refractivity contribution < 1.29 is 4.79 Å². The minimum Gasteiger partial charge on any atom is -0.354 e. The number of fused-ring (bicyclic) bond motifs is 2. The summed E-state index contributed by atoms with van der Waals surface area (Å²) >= 11 is 1.72. The molecule has 0 aliphatic heterocycles. The van der Waals surface area contributed by atoms with Gasteiger partial charge in [-0.15, -0.1) is 11.3 Å². The molecule has 5 nitrogen and oxygen atoms in total. The number of hydrogen-bond donors (Lipinski definition) is 1. The topological polar surface area (TPSA) is 56.0 Å². The van der Waals surface area contributed by atoms with Gasteiger partial charge in [0.25, 0.3) is 0 Å². The van der Waals surface area contributed by atoms with E-state index in [1.54, 1.807) is 20.5 Å². The van der Waals surface area contributed by atoms with E-state index in [9.17, 15) is 9.59 Å². The number of carbonyl (C=O) groups excluding carboxylic acids is 1. The third kappa shape index (κ3) is 3.28. The Morgan fingerprint density at radius 3 is 2.52 bits per heavy atom. The largest absolute Gasteiger partial charge is 0.354 e. The van der Waals surface area contributed by atoms with E-state index < -0.39 is 0 Å². The van der Waals surface area contributed by atoms with E-state index in [0.29, 0.717) is 13.1 Å². The van der Waals surface area contributed by atoms with Crippen LogP contribution in [0.4, 0.5) is 0 Å². The molecule has 0 saturated heterocycles. The van der Waals surface area contributed by atoms with Crippen molar-refractivity contribution in [3.8, 4) is 0 Å². The number of nitrogens with one attached hydrogen (secondary N) is 1. The van der Waals surface area contributed by atoms with Crippen LogP contribution in [0.1, 0.15) is 12.5 Å². The second kappa shape index (κ2) is 7.40. The molecule has 0 atom stereocenters. The maximum atomic E-state index is 12.6. The summed E-state index contributed by atoms with van der Waals surface area (Å²) < 4.78 is 4.51. The van der Waals surface area contributed by atoms with Gasteiger partial charge in [0, 0.05) is 17.8 Å². The van der Waals surface area contributed by atoms with Gasteiger partial charge >= 0.3 is 5.69 Å². The van der Waals surface area contributed by atoms with Gasteiger partial charge in [-0.25, -0.2) is 4.79 Å². The first-order chi connectivity index (χ1) is 13.2. The predicted molar refractivity (Wildman–Crippen MR) is 110 cm³/mol. The standard InChI is InChI=1S/C21H21N3O2S/c1-2-23-17-8-4-5-9-18(17)24(21(23)26)13-20(25)22-12-11-15-14-27-19-10-6-3-7-16(15)19/h3-10,14H,2,11-13H2,1H3,(H,22,25). The summed E-state index contributed by atoms with van der Waals surface area (Å²) in [6.07, 6.45) is 0.779. The van der Waals surface area contributed by atoms with E-state index in [0.717, 1.165) is 17.5 Å². The second-order valence-corrected chi connectivity index (χ2v) is 7.37. The minimum absolute atomic E-state index is 0.0384. The monoisotopic (exact) mass is 379 g/mol. The van der Waals surface area contributed by atoms with Crippen LogP contribution in [0.5, 0.6) is 0 Å². The quantitative estimate of drug-likeness (QED) is 0.558. The lowest BCUT2D eigenvalue weighted by atomic mass is 10.1. The van der Waals surface area contributed by atoms with Crippen LogP contribution < -0.4 is 11.0 Å². The molecule has 0 fully saturated rings. The molecule has 1 N–H and O–H groups in total. The van der Waals surface area contributed by atoms with Crippen LogP contribution >= 0.6 is 11.3 Å². The highest BCUT2D eigenvalue weighted by Gasteiger charge is 2.14. The van der Waals surface area contributed by atoms with Gasteiger partial charge in [0.1, 0.15) is 6.54 Å². The molecule has 0 aliphatic rings. The summed E-state index contributed by atoms with van der Waals surface area (Å²) in [5.41, 5.74) is 2.76. The van der Waals surface area contributed by atoms with Crippen molar-refractivity contribution in [2.24, 2.45) is 0 Å².